The van der Waals surface area contributed by atoms with Crippen molar-refractivity contribution in [2.75, 3.05) is 33.9 Å². The summed E-state index contributed by atoms with van der Waals surface area (Å²) < 4.78 is 32.2. The Hall–Kier alpha value is -1.69. The predicted molar refractivity (Wildman–Crippen MR) is 134 cm³/mol. The van der Waals surface area contributed by atoms with E-state index in [0.717, 1.165) is 24.9 Å². The minimum absolute atomic E-state index is 0. The number of nitrogens with one attached hydrogen (secondary N) is 3. The van der Waals surface area contributed by atoms with Gasteiger partial charge in [0, 0.05) is 39.2 Å². The highest BCUT2D eigenvalue weighted by Crippen LogP contribution is 2.47. The largest absolute Gasteiger partial charge is 0.383 e. The molecule has 1 aliphatic carbocycles. The lowest BCUT2D eigenvalue weighted by molar-refractivity contribution is 0.204. The number of halogens is 1. The van der Waals surface area contributed by atoms with Crippen LogP contribution in [0.1, 0.15) is 24.0 Å². The van der Waals surface area contributed by atoms with Crippen LogP contribution in [0.2, 0.25) is 0 Å². The highest BCUT2D eigenvalue weighted by Gasteiger charge is 2.43. The van der Waals surface area contributed by atoms with Gasteiger partial charge >= 0.3 is 0 Å². The molecule has 3 rings (SSSR count). The molecule has 0 amide bonds. The van der Waals surface area contributed by atoms with Crippen LogP contribution < -0.4 is 15.4 Å². The summed E-state index contributed by atoms with van der Waals surface area (Å²) >= 11 is 0. The SMILES string of the molecule is CN=C(NCc1cccc(S(=O)(=O)NCCOC)c1)NCC1(c2ccccc2)CC1.I. The van der Waals surface area contributed by atoms with Crippen molar-refractivity contribution in [3.8, 4) is 0 Å². The van der Waals surface area contributed by atoms with Gasteiger partial charge in [0.25, 0.3) is 0 Å². The normalized spacial score (nSPS) is 15.1. The molecular formula is C22H31IN4O3S. The summed E-state index contributed by atoms with van der Waals surface area (Å²) in [5.41, 5.74) is 2.39. The number of rotatable bonds is 10. The first kappa shape index (κ1) is 25.6. The molecule has 0 radical (unpaired) electrons. The molecular weight excluding hydrogens is 527 g/mol. The summed E-state index contributed by atoms with van der Waals surface area (Å²) in [6, 6.07) is 17.4. The Morgan fingerprint density at radius 2 is 1.84 bits per heavy atom. The molecule has 0 aromatic heterocycles. The Morgan fingerprint density at radius 3 is 2.48 bits per heavy atom. The Bertz CT molecular complexity index is 964. The van der Waals surface area contributed by atoms with Crippen LogP contribution in [0, 0.1) is 0 Å². The molecule has 2 aromatic carbocycles. The van der Waals surface area contributed by atoms with E-state index >= 15 is 0 Å². The van der Waals surface area contributed by atoms with E-state index in [0.29, 0.717) is 19.1 Å². The number of aliphatic imine (C=N–C) groups is 1. The molecule has 9 heteroatoms. The van der Waals surface area contributed by atoms with Crippen molar-refractivity contribution in [2.45, 2.75) is 29.7 Å². The maximum atomic E-state index is 12.4. The minimum Gasteiger partial charge on any atom is -0.383 e. The van der Waals surface area contributed by atoms with Crippen molar-refractivity contribution in [1.82, 2.24) is 15.4 Å². The van der Waals surface area contributed by atoms with Gasteiger partial charge in [-0.3, -0.25) is 4.99 Å². The van der Waals surface area contributed by atoms with Crippen LogP contribution in [0.25, 0.3) is 0 Å². The molecule has 1 saturated carbocycles. The lowest BCUT2D eigenvalue weighted by Crippen LogP contribution is -2.40. The summed E-state index contributed by atoms with van der Waals surface area (Å²) in [5.74, 6) is 0.698. The van der Waals surface area contributed by atoms with Crippen LogP contribution in [-0.2, 0) is 26.7 Å². The molecule has 1 fully saturated rings. The highest BCUT2D eigenvalue weighted by molar-refractivity contribution is 14.0. The molecule has 0 unspecified atom stereocenters. The second-order valence-electron chi connectivity index (χ2n) is 7.46. The molecule has 1 aliphatic rings. The fraction of sp³-hybridized carbons (Fsp3) is 0.409. The van der Waals surface area contributed by atoms with E-state index in [2.05, 4.69) is 44.6 Å². The van der Waals surface area contributed by atoms with Gasteiger partial charge in [0.1, 0.15) is 0 Å². The zero-order valence-corrected chi connectivity index (χ0v) is 21.1. The van der Waals surface area contributed by atoms with E-state index < -0.39 is 10.0 Å². The summed E-state index contributed by atoms with van der Waals surface area (Å²) in [6.45, 7) is 1.85. The number of methoxy groups -OCH3 is 1. The van der Waals surface area contributed by atoms with Gasteiger partial charge in [-0.15, -0.1) is 24.0 Å². The van der Waals surface area contributed by atoms with E-state index in [1.807, 2.05) is 12.1 Å². The zero-order valence-electron chi connectivity index (χ0n) is 17.9. The van der Waals surface area contributed by atoms with Crippen molar-refractivity contribution in [3.05, 3.63) is 65.7 Å². The third kappa shape index (κ3) is 7.16. The fourth-order valence-corrected chi connectivity index (χ4v) is 4.44. The molecule has 170 valence electrons. The first-order valence-electron chi connectivity index (χ1n) is 10.1. The van der Waals surface area contributed by atoms with Gasteiger partial charge in [-0.1, -0.05) is 42.5 Å². The Morgan fingerprint density at radius 1 is 1.10 bits per heavy atom. The van der Waals surface area contributed by atoms with Gasteiger partial charge in [0.05, 0.1) is 11.5 Å². The Labute approximate surface area is 202 Å². The van der Waals surface area contributed by atoms with Crippen LogP contribution in [0.4, 0.5) is 0 Å². The lowest BCUT2D eigenvalue weighted by Gasteiger charge is -2.19. The fourth-order valence-electron chi connectivity index (χ4n) is 3.35. The smallest absolute Gasteiger partial charge is 0.240 e. The van der Waals surface area contributed by atoms with Crippen LogP contribution in [0.15, 0.2) is 64.5 Å². The number of benzene rings is 2. The average molecular weight is 558 g/mol. The van der Waals surface area contributed by atoms with Crippen LogP contribution in [-0.4, -0.2) is 48.2 Å². The average Bonchev–Trinajstić information content (AvgIpc) is 3.56. The van der Waals surface area contributed by atoms with E-state index in [1.165, 1.54) is 12.7 Å². The minimum atomic E-state index is -3.55. The quantitative estimate of drug-likeness (QED) is 0.181. The zero-order chi connectivity index (χ0) is 21.5. The van der Waals surface area contributed by atoms with Crippen molar-refractivity contribution < 1.29 is 13.2 Å². The van der Waals surface area contributed by atoms with Gasteiger partial charge in [-0.25, -0.2) is 13.1 Å². The third-order valence-electron chi connectivity index (χ3n) is 5.32. The second kappa shape index (κ2) is 11.8. The number of sulfonamides is 1. The molecule has 0 atom stereocenters. The highest BCUT2D eigenvalue weighted by atomic mass is 127. The number of nitrogens with zero attached hydrogens (tertiary/aromatic N) is 1. The topological polar surface area (TPSA) is 91.8 Å². The van der Waals surface area contributed by atoms with Crippen LogP contribution in [0.5, 0.6) is 0 Å². The van der Waals surface area contributed by atoms with Gasteiger partial charge in [-0.05, 0) is 36.1 Å². The molecule has 31 heavy (non-hydrogen) atoms. The van der Waals surface area contributed by atoms with E-state index in [1.54, 1.807) is 25.2 Å². The third-order valence-corrected chi connectivity index (χ3v) is 6.78. The predicted octanol–water partition coefficient (Wildman–Crippen LogP) is 2.63. The van der Waals surface area contributed by atoms with Crippen molar-refractivity contribution in [3.63, 3.8) is 0 Å². The van der Waals surface area contributed by atoms with Gasteiger partial charge in [-0.2, -0.15) is 0 Å². The Kier molecular flexibility index (Phi) is 9.73. The second-order valence-corrected chi connectivity index (χ2v) is 9.23. The molecule has 7 nitrogen and oxygen atoms in total. The molecule has 0 bridgehead atoms. The number of hydrogen-bond donors (Lipinski definition) is 3. The summed E-state index contributed by atoms with van der Waals surface area (Å²) in [7, 11) is -0.286. The van der Waals surface area contributed by atoms with E-state index in [9.17, 15) is 8.42 Å². The van der Waals surface area contributed by atoms with Crippen molar-refractivity contribution in [1.29, 1.82) is 0 Å². The first-order valence-corrected chi connectivity index (χ1v) is 11.5. The standard InChI is InChI=1S/C22H30N4O3S.HI/c1-23-21(25-17-22(11-12-22)19-8-4-3-5-9-19)24-16-18-7-6-10-20(15-18)30(27,28)26-13-14-29-2;/h3-10,15,26H,11-14,16-17H2,1-2H3,(H2,23,24,25);1H. The van der Waals surface area contributed by atoms with E-state index in [-0.39, 0.29) is 40.8 Å². The number of hydrogen-bond acceptors (Lipinski definition) is 4. The van der Waals surface area contributed by atoms with Gasteiger partial charge in [0.15, 0.2) is 5.96 Å². The molecule has 3 N–H and O–H groups in total. The lowest BCUT2D eigenvalue weighted by atomic mass is 9.96. The maximum absolute atomic E-state index is 12.4. The molecule has 0 saturated heterocycles. The maximum Gasteiger partial charge on any atom is 0.240 e. The van der Waals surface area contributed by atoms with Gasteiger partial charge in [0.2, 0.25) is 10.0 Å². The monoisotopic (exact) mass is 558 g/mol. The van der Waals surface area contributed by atoms with Crippen molar-refractivity contribution >= 4 is 40.0 Å². The number of guanidine groups is 1. The number of ether oxygens (including phenoxy) is 1. The molecule has 0 spiro atoms. The summed E-state index contributed by atoms with van der Waals surface area (Å²) in [6.07, 6.45) is 2.33. The van der Waals surface area contributed by atoms with Crippen LogP contribution >= 0.6 is 24.0 Å². The summed E-state index contributed by atoms with van der Waals surface area (Å²) in [5, 5.41) is 6.69. The van der Waals surface area contributed by atoms with E-state index in [4.69, 9.17) is 4.74 Å². The summed E-state index contributed by atoms with van der Waals surface area (Å²) in [4.78, 5) is 4.54. The molecule has 2 aromatic rings. The first-order chi connectivity index (χ1) is 14.5. The van der Waals surface area contributed by atoms with Crippen molar-refractivity contribution in [2.24, 2.45) is 4.99 Å². The molecule has 0 heterocycles. The van der Waals surface area contributed by atoms with Gasteiger partial charge < -0.3 is 15.4 Å². The Balaban J connectivity index is 0.00000341. The van der Waals surface area contributed by atoms with Crippen LogP contribution in [0.3, 0.4) is 0 Å². The molecule has 0 aliphatic heterocycles.